The Morgan fingerprint density at radius 1 is 0.897 bits per heavy atom. The molecule has 3 rings (SSSR count). The van der Waals surface area contributed by atoms with Crippen LogP contribution in [0, 0.1) is 5.82 Å². The maximum atomic E-state index is 12.9. The molecule has 0 radical (unpaired) electrons. The van der Waals surface area contributed by atoms with E-state index in [0.717, 1.165) is 12.1 Å². The highest BCUT2D eigenvalue weighted by atomic mass is 32.2. The van der Waals surface area contributed by atoms with Gasteiger partial charge in [0.25, 0.3) is 0 Å². The average Bonchev–Trinajstić information content (AvgIpc) is 2.72. The average molecular weight is 444 g/mol. The Kier molecular flexibility index (Phi) is 6.89. The van der Waals surface area contributed by atoms with E-state index >= 15 is 0 Å². The molecule has 0 unspecified atom stereocenters. The third-order valence-corrected chi connectivity index (χ3v) is 8.16. The van der Waals surface area contributed by atoms with Crippen molar-refractivity contribution in [1.82, 2.24) is 4.31 Å². The van der Waals surface area contributed by atoms with Gasteiger partial charge >= 0.3 is 0 Å². The molecule has 1 fully saturated rings. The fraction of sp³-hybridized carbons (Fsp3) is 0.368. The van der Waals surface area contributed by atoms with E-state index in [1.165, 1.54) is 28.6 Å². The molecule has 10 heteroatoms. The molecule has 0 N–H and O–H groups in total. The standard InChI is InChI=1S/C19H22FNO6S2/c20-16-2-6-18(7-3-16)28(22,23)15-1-12-27-17-4-8-19(9-5-17)29(24,25)21-10-13-26-14-11-21/h2-9H,1,10-15H2. The molecule has 0 spiro atoms. The molecule has 1 saturated heterocycles. The smallest absolute Gasteiger partial charge is 0.243 e. The Labute approximate surface area is 170 Å². The van der Waals surface area contributed by atoms with Crippen LogP contribution in [0.5, 0.6) is 5.75 Å². The SMILES string of the molecule is O=S(=O)(CCCOc1ccc(S(=O)(=O)N2CCOCC2)cc1)c1ccc(F)cc1. The van der Waals surface area contributed by atoms with Gasteiger partial charge in [0.05, 0.1) is 35.4 Å². The second-order valence-corrected chi connectivity index (χ2v) is 10.5. The van der Waals surface area contributed by atoms with Gasteiger partial charge in [-0.3, -0.25) is 0 Å². The van der Waals surface area contributed by atoms with E-state index < -0.39 is 25.7 Å². The third kappa shape index (κ3) is 5.53. The summed E-state index contributed by atoms with van der Waals surface area (Å²) in [6, 6.07) is 10.7. The van der Waals surface area contributed by atoms with Crippen molar-refractivity contribution in [3.8, 4) is 5.75 Å². The summed E-state index contributed by atoms with van der Waals surface area (Å²) in [7, 11) is -7.08. The van der Waals surface area contributed by atoms with Gasteiger partial charge in [0.2, 0.25) is 10.0 Å². The molecule has 2 aromatic carbocycles. The number of rotatable bonds is 8. The topological polar surface area (TPSA) is 90.0 Å². The summed E-state index contributed by atoms with van der Waals surface area (Å²) in [5.74, 6) is -0.182. The van der Waals surface area contributed by atoms with Crippen LogP contribution >= 0.6 is 0 Å². The minimum absolute atomic E-state index is 0.0663. The highest BCUT2D eigenvalue weighted by Crippen LogP contribution is 2.21. The first kappa shape index (κ1) is 21.7. The molecule has 0 aliphatic carbocycles. The van der Waals surface area contributed by atoms with Gasteiger partial charge in [-0.15, -0.1) is 0 Å². The molecule has 0 saturated carbocycles. The minimum Gasteiger partial charge on any atom is -0.494 e. The molecular weight excluding hydrogens is 421 g/mol. The van der Waals surface area contributed by atoms with Gasteiger partial charge in [-0.2, -0.15) is 4.31 Å². The van der Waals surface area contributed by atoms with Crippen molar-refractivity contribution in [3.63, 3.8) is 0 Å². The first-order chi connectivity index (χ1) is 13.8. The Bertz CT molecular complexity index is 1020. The monoisotopic (exact) mass is 443 g/mol. The van der Waals surface area contributed by atoms with Gasteiger partial charge in [0, 0.05) is 13.1 Å². The third-order valence-electron chi connectivity index (χ3n) is 4.43. The normalized spacial score (nSPS) is 15.9. The van der Waals surface area contributed by atoms with E-state index in [4.69, 9.17) is 9.47 Å². The lowest BCUT2D eigenvalue weighted by Crippen LogP contribution is -2.40. The Morgan fingerprint density at radius 3 is 2.10 bits per heavy atom. The molecule has 7 nitrogen and oxygen atoms in total. The molecule has 2 aromatic rings. The van der Waals surface area contributed by atoms with E-state index in [2.05, 4.69) is 0 Å². The second kappa shape index (κ2) is 9.21. The number of sulfone groups is 1. The van der Waals surface area contributed by atoms with Crippen LogP contribution < -0.4 is 4.74 Å². The van der Waals surface area contributed by atoms with Gasteiger partial charge in [-0.05, 0) is 55.0 Å². The summed E-state index contributed by atoms with van der Waals surface area (Å²) in [5, 5.41) is 0. The van der Waals surface area contributed by atoms with Crippen molar-refractivity contribution < 1.29 is 30.7 Å². The maximum Gasteiger partial charge on any atom is 0.243 e. The zero-order valence-electron chi connectivity index (χ0n) is 15.7. The van der Waals surface area contributed by atoms with Gasteiger partial charge < -0.3 is 9.47 Å². The molecule has 1 aliphatic heterocycles. The molecular formula is C19H22FNO6S2. The molecule has 0 atom stereocenters. The molecule has 0 aromatic heterocycles. The zero-order valence-corrected chi connectivity index (χ0v) is 17.3. The molecule has 158 valence electrons. The summed E-state index contributed by atoms with van der Waals surface area (Å²) < 4.78 is 74.5. The van der Waals surface area contributed by atoms with Crippen LogP contribution in [-0.2, 0) is 24.6 Å². The van der Waals surface area contributed by atoms with E-state index in [-0.39, 0.29) is 28.6 Å². The quantitative estimate of drug-likeness (QED) is 0.458. The Balaban J connectivity index is 1.52. The van der Waals surface area contributed by atoms with E-state index in [9.17, 15) is 21.2 Å². The molecule has 1 heterocycles. The van der Waals surface area contributed by atoms with Gasteiger partial charge in [0.15, 0.2) is 9.84 Å². The van der Waals surface area contributed by atoms with E-state index in [1.54, 1.807) is 12.1 Å². The van der Waals surface area contributed by atoms with Crippen molar-refractivity contribution in [2.45, 2.75) is 16.2 Å². The first-order valence-electron chi connectivity index (χ1n) is 9.08. The van der Waals surface area contributed by atoms with Crippen LogP contribution in [0.1, 0.15) is 6.42 Å². The summed E-state index contributed by atoms with van der Waals surface area (Å²) in [4.78, 5) is 0.238. The summed E-state index contributed by atoms with van der Waals surface area (Å²) >= 11 is 0. The largest absolute Gasteiger partial charge is 0.494 e. The van der Waals surface area contributed by atoms with Crippen LogP contribution in [0.25, 0.3) is 0 Å². The summed E-state index contributed by atoms with van der Waals surface area (Å²) in [5.41, 5.74) is 0. The van der Waals surface area contributed by atoms with Crippen LogP contribution in [0.15, 0.2) is 58.3 Å². The lowest BCUT2D eigenvalue weighted by molar-refractivity contribution is 0.0730. The van der Waals surface area contributed by atoms with E-state index in [0.29, 0.717) is 32.1 Å². The van der Waals surface area contributed by atoms with Crippen molar-refractivity contribution in [3.05, 3.63) is 54.3 Å². The summed E-state index contributed by atoms with van der Waals surface area (Å²) in [6.45, 7) is 1.55. The van der Waals surface area contributed by atoms with Gasteiger partial charge in [-0.25, -0.2) is 21.2 Å². The fourth-order valence-corrected chi connectivity index (χ4v) is 5.53. The van der Waals surface area contributed by atoms with Crippen LogP contribution in [0.2, 0.25) is 0 Å². The molecule has 0 amide bonds. The fourth-order valence-electron chi connectivity index (χ4n) is 2.84. The number of morpholine rings is 1. The number of sulfonamides is 1. The van der Waals surface area contributed by atoms with Crippen LogP contribution in [-0.4, -0.2) is 59.8 Å². The van der Waals surface area contributed by atoms with Crippen LogP contribution in [0.3, 0.4) is 0 Å². The Morgan fingerprint density at radius 2 is 1.48 bits per heavy atom. The number of ether oxygens (including phenoxy) is 2. The lowest BCUT2D eigenvalue weighted by atomic mass is 10.3. The van der Waals surface area contributed by atoms with Crippen molar-refractivity contribution >= 4 is 19.9 Å². The van der Waals surface area contributed by atoms with Gasteiger partial charge in [-0.1, -0.05) is 0 Å². The second-order valence-electron chi connectivity index (χ2n) is 6.46. The van der Waals surface area contributed by atoms with Crippen molar-refractivity contribution in [2.24, 2.45) is 0 Å². The van der Waals surface area contributed by atoms with Gasteiger partial charge in [0.1, 0.15) is 11.6 Å². The number of benzene rings is 2. The number of halogens is 1. The number of hydrogen-bond donors (Lipinski definition) is 0. The lowest BCUT2D eigenvalue weighted by Gasteiger charge is -2.26. The van der Waals surface area contributed by atoms with Crippen molar-refractivity contribution in [1.29, 1.82) is 0 Å². The summed E-state index contributed by atoms with van der Waals surface area (Å²) in [6.07, 6.45) is 0.244. The highest BCUT2D eigenvalue weighted by molar-refractivity contribution is 7.91. The molecule has 29 heavy (non-hydrogen) atoms. The predicted molar refractivity (Wildman–Crippen MR) is 105 cm³/mol. The van der Waals surface area contributed by atoms with Crippen LogP contribution in [0.4, 0.5) is 4.39 Å². The molecule has 1 aliphatic rings. The van der Waals surface area contributed by atoms with E-state index in [1.807, 2.05) is 0 Å². The maximum absolute atomic E-state index is 12.9. The number of nitrogens with zero attached hydrogens (tertiary/aromatic N) is 1. The van der Waals surface area contributed by atoms with Crippen molar-refractivity contribution in [2.75, 3.05) is 38.7 Å². The first-order valence-corrected chi connectivity index (χ1v) is 12.2. The zero-order chi connectivity index (χ0) is 20.9. The predicted octanol–water partition coefficient (Wildman–Crippen LogP) is 2.09. The minimum atomic E-state index is -3.57. The molecule has 0 bridgehead atoms. The number of hydrogen-bond acceptors (Lipinski definition) is 6. The highest BCUT2D eigenvalue weighted by Gasteiger charge is 2.26. The Hall–Kier alpha value is -2.01.